The van der Waals surface area contributed by atoms with Gasteiger partial charge in [0.1, 0.15) is 11.4 Å². The number of hydrogen-bond acceptors (Lipinski definition) is 2. The van der Waals surface area contributed by atoms with E-state index in [2.05, 4.69) is 5.32 Å². The monoisotopic (exact) mass is 271 g/mol. The molecule has 0 bridgehead atoms. The summed E-state index contributed by atoms with van der Waals surface area (Å²) in [5.41, 5.74) is -0.776. The molecule has 1 aromatic carbocycles. The Balaban J connectivity index is 2.26. The normalized spacial score (nSPS) is 18.4. The molecular weight excluding hydrogens is 257 g/mol. The topological polar surface area (TPSA) is 49.3 Å². The van der Waals surface area contributed by atoms with Crippen LogP contribution >= 0.6 is 11.6 Å². The quantitative estimate of drug-likeness (QED) is 0.866. The first-order valence-corrected chi connectivity index (χ1v) is 6.25. The molecule has 0 aliphatic heterocycles. The fourth-order valence-electron chi connectivity index (χ4n) is 1.78. The summed E-state index contributed by atoms with van der Waals surface area (Å²) in [7, 11) is 0. The number of halogens is 2. The molecule has 1 saturated carbocycles. The fourth-order valence-corrected chi connectivity index (χ4v) is 1.96. The lowest BCUT2D eigenvalue weighted by atomic mass is 9.92. The van der Waals surface area contributed by atoms with Gasteiger partial charge in [-0.25, -0.2) is 9.18 Å². The largest absolute Gasteiger partial charge is 0.480 e. The Labute approximate surface area is 110 Å². The molecule has 0 aromatic heterocycles. The van der Waals surface area contributed by atoms with Crippen molar-refractivity contribution in [1.29, 1.82) is 0 Å². The maximum atomic E-state index is 13.1. The van der Waals surface area contributed by atoms with Crippen molar-refractivity contribution in [2.75, 3.05) is 6.54 Å². The van der Waals surface area contributed by atoms with Crippen LogP contribution in [0.4, 0.5) is 4.39 Å². The van der Waals surface area contributed by atoms with Gasteiger partial charge in [0.2, 0.25) is 0 Å². The van der Waals surface area contributed by atoms with E-state index < -0.39 is 17.3 Å². The zero-order valence-corrected chi connectivity index (χ0v) is 10.8. The van der Waals surface area contributed by atoms with E-state index in [1.807, 2.05) is 0 Å². The third kappa shape index (κ3) is 2.65. The fraction of sp³-hybridized carbons (Fsp3) is 0.462. The van der Waals surface area contributed by atoms with Gasteiger partial charge in [-0.05, 0) is 49.9 Å². The van der Waals surface area contributed by atoms with Crippen LogP contribution in [0.5, 0.6) is 0 Å². The maximum absolute atomic E-state index is 13.1. The van der Waals surface area contributed by atoms with Crippen LogP contribution in [0.25, 0.3) is 0 Å². The number of carboxylic acids is 1. The zero-order chi connectivity index (χ0) is 13.3. The van der Waals surface area contributed by atoms with E-state index in [1.54, 1.807) is 6.92 Å². The molecule has 1 aliphatic carbocycles. The number of carbonyl (C=O) groups is 1. The van der Waals surface area contributed by atoms with E-state index in [0.29, 0.717) is 18.0 Å². The highest BCUT2D eigenvalue weighted by molar-refractivity contribution is 6.30. The van der Waals surface area contributed by atoms with Crippen molar-refractivity contribution in [1.82, 2.24) is 5.32 Å². The predicted molar refractivity (Wildman–Crippen MR) is 67.1 cm³/mol. The average molecular weight is 272 g/mol. The lowest BCUT2D eigenvalue weighted by Gasteiger charge is -2.27. The second-order valence-corrected chi connectivity index (χ2v) is 5.29. The lowest BCUT2D eigenvalue weighted by Crippen LogP contribution is -2.47. The highest BCUT2D eigenvalue weighted by Crippen LogP contribution is 2.31. The van der Waals surface area contributed by atoms with E-state index in [-0.39, 0.29) is 5.02 Å². The molecule has 18 heavy (non-hydrogen) atoms. The number of carboxylic acid groups (broad SMARTS) is 1. The lowest BCUT2D eigenvalue weighted by molar-refractivity contribution is -0.144. The van der Waals surface area contributed by atoms with Crippen LogP contribution in [-0.2, 0) is 10.3 Å². The summed E-state index contributed by atoms with van der Waals surface area (Å²) in [6.45, 7) is 2.22. The number of nitrogens with one attached hydrogen (secondary N) is 1. The molecule has 98 valence electrons. The Morgan fingerprint density at radius 2 is 2.28 bits per heavy atom. The molecule has 3 nitrogen and oxygen atoms in total. The molecule has 1 unspecified atom stereocenters. The standard InChI is InChI=1S/C13H15ClFNO2/c1-13(12(17)18,16-7-8-2-3-8)9-4-5-11(15)10(14)6-9/h4-6,8,16H,2-3,7H2,1H3,(H,17,18). The molecule has 2 rings (SSSR count). The van der Waals surface area contributed by atoms with Crippen LogP contribution in [0.15, 0.2) is 18.2 Å². The Bertz CT molecular complexity index is 476. The zero-order valence-electron chi connectivity index (χ0n) is 10.0. The summed E-state index contributed by atoms with van der Waals surface area (Å²) < 4.78 is 13.1. The molecule has 2 N–H and O–H groups in total. The molecule has 5 heteroatoms. The summed E-state index contributed by atoms with van der Waals surface area (Å²) in [5, 5.41) is 12.4. The van der Waals surface area contributed by atoms with E-state index in [1.165, 1.54) is 18.2 Å². The average Bonchev–Trinajstić information content (AvgIpc) is 3.13. The second-order valence-electron chi connectivity index (χ2n) is 4.88. The maximum Gasteiger partial charge on any atom is 0.328 e. The van der Waals surface area contributed by atoms with Crippen LogP contribution in [0.3, 0.4) is 0 Å². The molecule has 1 fully saturated rings. The SMILES string of the molecule is CC(NCC1CC1)(C(=O)O)c1ccc(F)c(Cl)c1. The summed E-state index contributed by atoms with van der Waals surface area (Å²) >= 11 is 5.70. The molecule has 0 saturated heterocycles. The van der Waals surface area contributed by atoms with Gasteiger partial charge in [-0.2, -0.15) is 0 Å². The first-order valence-electron chi connectivity index (χ1n) is 5.87. The Kier molecular flexibility index (Phi) is 3.59. The number of aliphatic carboxylic acids is 1. The van der Waals surface area contributed by atoms with Crippen LogP contribution in [0.2, 0.25) is 5.02 Å². The van der Waals surface area contributed by atoms with Gasteiger partial charge in [0.15, 0.2) is 0 Å². The van der Waals surface area contributed by atoms with Gasteiger partial charge in [-0.3, -0.25) is 5.32 Å². The summed E-state index contributed by atoms with van der Waals surface area (Å²) in [4.78, 5) is 11.5. The number of hydrogen-bond donors (Lipinski definition) is 2. The Morgan fingerprint density at radius 1 is 1.61 bits per heavy atom. The predicted octanol–water partition coefficient (Wildman–Crippen LogP) is 2.78. The van der Waals surface area contributed by atoms with Gasteiger partial charge in [-0.15, -0.1) is 0 Å². The van der Waals surface area contributed by atoms with E-state index in [9.17, 15) is 14.3 Å². The van der Waals surface area contributed by atoms with E-state index in [4.69, 9.17) is 11.6 Å². The van der Waals surface area contributed by atoms with Crippen molar-refractivity contribution in [2.24, 2.45) is 5.92 Å². The first-order chi connectivity index (χ1) is 8.43. The number of benzene rings is 1. The molecule has 0 amide bonds. The van der Waals surface area contributed by atoms with Crippen LogP contribution in [0, 0.1) is 11.7 Å². The minimum atomic E-state index is -1.24. The first kappa shape index (κ1) is 13.3. The Morgan fingerprint density at radius 3 is 2.78 bits per heavy atom. The highest BCUT2D eigenvalue weighted by atomic mass is 35.5. The van der Waals surface area contributed by atoms with Crippen molar-refractivity contribution in [3.63, 3.8) is 0 Å². The molecule has 0 heterocycles. The van der Waals surface area contributed by atoms with Crippen LogP contribution < -0.4 is 5.32 Å². The van der Waals surface area contributed by atoms with Gasteiger partial charge in [0.05, 0.1) is 5.02 Å². The summed E-state index contributed by atoms with van der Waals surface area (Å²) in [5.74, 6) is -0.985. The smallest absolute Gasteiger partial charge is 0.328 e. The van der Waals surface area contributed by atoms with Gasteiger partial charge < -0.3 is 5.11 Å². The van der Waals surface area contributed by atoms with Gasteiger partial charge in [0, 0.05) is 0 Å². The molecule has 0 radical (unpaired) electrons. The third-order valence-corrected chi connectivity index (χ3v) is 3.66. The van der Waals surface area contributed by atoms with Crippen LogP contribution in [-0.4, -0.2) is 17.6 Å². The van der Waals surface area contributed by atoms with Crippen molar-refractivity contribution in [2.45, 2.75) is 25.3 Å². The van der Waals surface area contributed by atoms with Crippen molar-refractivity contribution >= 4 is 17.6 Å². The summed E-state index contributed by atoms with van der Waals surface area (Å²) in [6, 6.07) is 4.01. The molecule has 1 atom stereocenters. The summed E-state index contributed by atoms with van der Waals surface area (Å²) in [6.07, 6.45) is 2.26. The van der Waals surface area contributed by atoms with Crippen molar-refractivity contribution in [3.8, 4) is 0 Å². The molecular formula is C13H15ClFNO2. The third-order valence-electron chi connectivity index (χ3n) is 3.37. The minimum absolute atomic E-state index is 0.0619. The Hall–Kier alpha value is -1.13. The van der Waals surface area contributed by atoms with Gasteiger partial charge in [-0.1, -0.05) is 17.7 Å². The second kappa shape index (κ2) is 4.86. The van der Waals surface area contributed by atoms with Crippen LogP contribution in [0.1, 0.15) is 25.3 Å². The molecule has 1 aromatic rings. The van der Waals surface area contributed by atoms with E-state index in [0.717, 1.165) is 12.8 Å². The van der Waals surface area contributed by atoms with Crippen molar-refractivity contribution < 1.29 is 14.3 Å². The minimum Gasteiger partial charge on any atom is -0.480 e. The number of rotatable bonds is 5. The van der Waals surface area contributed by atoms with Gasteiger partial charge in [0.25, 0.3) is 0 Å². The van der Waals surface area contributed by atoms with Gasteiger partial charge >= 0.3 is 5.97 Å². The molecule has 1 aliphatic rings. The highest BCUT2D eigenvalue weighted by Gasteiger charge is 2.37. The van der Waals surface area contributed by atoms with Crippen molar-refractivity contribution in [3.05, 3.63) is 34.6 Å². The molecule has 0 spiro atoms. The van der Waals surface area contributed by atoms with E-state index >= 15 is 0 Å².